The molecule has 212 valence electrons. The number of nitrogens with zero attached hydrogens (tertiary/aromatic N) is 2. The molecule has 4 atom stereocenters. The lowest BCUT2D eigenvalue weighted by atomic mass is 9.91. The van der Waals surface area contributed by atoms with Gasteiger partial charge in [-0.15, -0.1) is 4.72 Å². The van der Waals surface area contributed by atoms with Crippen molar-refractivity contribution in [2.24, 2.45) is 13.0 Å². The van der Waals surface area contributed by atoms with Crippen LogP contribution in [-0.2, 0) is 28.0 Å². The van der Waals surface area contributed by atoms with Crippen molar-refractivity contribution in [2.75, 3.05) is 25.0 Å². The highest BCUT2D eigenvalue weighted by atomic mass is 32.2. The fraction of sp³-hybridized carbons (Fsp3) is 0.458. The van der Waals surface area contributed by atoms with Crippen LogP contribution in [0.4, 0.5) is 23.2 Å². The van der Waals surface area contributed by atoms with Gasteiger partial charge in [0.2, 0.25) is 10.6 Å². The molecule has 39 heavy (non-hydrogen) atoms. The molecule has 3 amide bonds. The summed E-state index contributed by atoms with van der Waals surface area (Å²) in [5.41, 5.74) is -0.289. The van der Waals surface area contributed by atoms with Gasteiger partial charge in [0.15, 0.2) is 5.69 Å². The molecule has 4 unspecified atom stereocenters. The molecule has 1 aromatic carbocycles. The van der Waals surface area contributed by atoms with E-state index in [0.29, 0.717) is 11.3 Å². The number of hydrogen-bond donors (Lipinski definition) is 3. The first-order valence-electron chi connectivity index (χ1n) is 11.9. The van der Waals surface area contributed by atoms with Crippen molar-refractivity contribution >= 4 is 34.8 Å². The average molecular weight is 574 g/mol. The Balaban J connectivity index is 1.52. The second kappa shape index (κ2) is 10.4. The number of carbonyl (C=O) groups is 3. The minimum Gasteiger partial charge on any atom is -0.593 e. The number of aryl methyl sites for hydroxylation is 2. The number of fused-ring (bicyclic) bond motifs is 2. The molecule has 0 saturated carbocycles. The van der Waals surface area contributed by atoms with Gasteiger partial charge in [0.25, 0.3) is 5.91 Å². The number of rotatable bonds is 3. The van der Waals surface area contributed by atoms with Gasteiger partial charge in [-0.3, -0.25) is 14.4 Å². The molecule has 0 spiro atoms. The summed E-state index contributed by atoms with van der Waals surface area (Å²) >= 11 is -1.93. The van der Waals surface area contributed by atoms with Gasteiger partial charge in [0.05, 0.1) is 29.7 Å². The molecule has 15 heteroatoms. The Labute approximate surface area is 224 Å². The van der Waals surface area contributed by atoms with Gasteiger partial charge in [-0.25, -0.2) is 4.39 Å². The van der Waals surface area contributed by atoms with Crippen molar-refractivity contribution in [3.05, 3.63) is 41.5 Å². The van der Waals surface area contributed by atoms with Crippen molar-refractivity contribution in [1.82, 2.24) is 19.5 Å². The van der Waals surface area contributed by atoms with Crippen LogP contribution in [-0.4, -0.2) is 69.2 Å². The minimum atomic E-state index is -4.71. The standard InChI is InChI=1S/C24H27F4N5O5S/c1-12-7-15(5-6-16(12)25)30-20(34)18-19-17(9-32(18)4)39(37)31-23(3)11-33(8-14(23)10-38-19)22(36)21(35)29-13(2)24(26,27)28/h5-7,9,13-14,31H,8,10-11H2,1-4H3,(H,29,35)(H,30,34). The lowest BCUT2D eigenvalue weighted by molar-refractivity contribution is -0.162. The molecule has 1 aromatic heterocycles. The molecule has 2 aromatic rings. The fourth-order valence-electron chi connectivity index (χ4n) is 4.52. The molecule has 1 fully saturated rings. The maximum atomic E-state index is 13.6. The molecular weight excluding hydrogens is 546 g/mol. The summed E-state index contributed by atoms with van der Waals surface area (Å²) in [6.07, 6.45) is -3.26. The summed E-state index contributed by atoms with van der Waals surface area (Å²) in [5, 5.41) is 4.32. The molecule has 3 N–H and O–H groups in total. The van der Waals surface area contributed by atoms with Crippen LogP contribution in [0.2, 0.25) is 0 Å². The normalized spacial score (nSPS) is 23.6. The quantitative estimate of drug-likeness (QED) is 0.293. The second-order valence-corrected chi connectivity index (χ2v) is 11.1. The van der Waals surface area contributed by atoms with E-state index in [1.54, 1.807) is 26.2 Å². The molecular formula is C24H27F4N5O5S. The van der Waals surface area contributed by atoms with Gasteiger partial charge in [-0.1, -0.05) is 0 Å². The first kappa shape index (κ1) is 28.7. The number of ether oxygens (including phenoxy) is 1. The molecule has 2 aliphatic heterocycles. The van der Waals surface area contributed by atoms with Crippen LogP contribution in [0, 0.1) is 18.7 Å². The average Bonchev–Trinajstić information content (AvgIpc) is 3.33. The Hall–Kier alpha value is -3.30. The van der Waals surface area contributed by atoms with Crippen molar-refractivity contribution in [1.29, 1.82) is 0 Å². The molecule has 4 rings (SSSR count). The van der Waals surface area contributed by atoms with Crippen LogP contribution in [0.25, 0.3) is 0 Å². The Bertz CT molecular complexity index is 1320. The highest BCUT2D eigenvalue weighted by molar-refractivity contribution is 7.89. The third-order valence-electron chi connectivity index (χ3n) is 6.87. The van der Waals surface area contributed by atoms with Gasteiger partial charge >= 0.3 is 18.0 Å². The molecule has 0 aliphatic carbocycles. The summed E-state index contributed by atoms with van der Waals surface area (Å²) in [6, 6.07) is 1.86. The summed E-state index contributed by atoms with van der Waals surface area (Å²) in [4.78, 5) is 39.2. The van der Waals surface area contributed by atoms with Gasteiger partial charge in [0.1, 0.15) is 11.9 Å². The third-order valence-corrected chi connectivity index (χ3v) is 8.21. The second-order valence-electron chi connectivity index (χ2n) is 9.92. The van der Waals surface area contributed by atoms with Crippen LogP contribution in [0.5, 0.6) is 5.75 Å². The molecule has 1 saturated heterocycles. The van der Waals surface area contributed by atoms with Crippen molar-refractivity contribution < 1.29 is 41.2 Å². The number of amides is 3. The summed E-state index contributed by atoms with van der Waals surface area (Å²) in [7, 11) is 1.57. The number of likely N-dealkylation sites (tertiary alicyclic amines) is 1. The molecule has 0 bridgehead atoms. The van der Waals surface area contributed by atoms with Crippen molar-refractivity contribution in [3.63, 3.8) is 0 Å². The maximum Gasteiger partial charge on any atom is 0.408 e. The van der Waals surface area contributed by atoms with Gasteiger partial charge in [0, 0.05) is 31.7 Å². The monoisotopic (exact) mass is 573 g/mol. The predicted molar refractivity (Wildman–Crippen MR) is 132 cm³/mol. The number of halogens is 4. The highest BCUT2D eigenvalue weighted by Crippen LogP contribution is 2.38. The number of aromatic nitrogens is 1. The summed E-state index contributed by atoms with van der Waals surface area (Å²) in [5.74, 6) is -4.06. The van der Waals surface area contributed by atoms with E-state index >= 15 is 0 Å². The van der Waals surface area contributed by atoms with E-state index in [1.165, 1.54) is 29.0 Å². The van der Waals surface area contributed by atoms with Crippen LogP contribution >= 0.6 is 0 Å². The third kappa shape index (κ3) is 5.70. The van der Waals surface area contributed by atoms with E-state index < -0.39 is 58.6 Å². The summed E-state index contributed by atoms with van der Waals surface area (Å²) in [6.45, 7) is 3.71. The van der Waals surface area contributed by atoms with Gasteiger partial charge < -0.3 is 29.4 Å². The molecule has 10 nitrogen and oxygen atoms in total. The topological polar surface area (TPSA) is 128 Å². The Morgan fingerprint density at radius 1 is 1.31 bits per heavy atom. The van der Waals surface area contributed by atoms with E-state index in [0.717, 1.165) is 11.8 Å². The molecule has 2 aliphatic rings. The summed E-state index contributed by atoms with van der Waals surface area (Å²) < 4.78 is 75.7. The first-order chi connectivity index (χ1) is 18.1. The van der Waals surface area contributed by atoms with E-state index in [2.05, 4.69) is 10.0 Å². The lowest BCUT2D eigenvalue weighted by Crippen LogP contribution is -2.55. The molecule has 0 radical (unpaired) electrons. The smallest absolute Gasteiger partial charge is 0.408 e. The Kier molecular flexibility index (Phi) is 7.62. The Morgan fingerprint density at radius 2 is 2.00 bits per heavy atom. The minimum absolute atomic E-state index is 0.0447. The van der Waals surface area contributed by atoms with E-state index in [-0.39, 0.29) is 36.0 Å². The Morgan fingerprint density at radius 3 is 2.64 bits per heavy atom. The highest BCUT2D eigenvalue weighted by Gasteiger charge is 2.51. The van der Waals surface area contributed by atoms with Crippen LogP contribution in [0.1, 0.15) is 29.9 Å². The van der Waals surface area contributed by atoms with Gasteiger partial charge in [-0.2, -0.15) is 13.2 Å². The van der Waals surface area contributed by atoms with Gasteiger partial charge in [-0.05, 0) is 44.5 Å². The zero-order chi connectivity index (χ0) is 28.9. The number of carbonyl (C=O) groups excluding carboxylic acids is 3. The first-order valence-corrected chi connectivity index (χ1v) is 13.0. The number of anilines is 1. The van der Waals surface area contributed by atoms with E-state index in [9.17, 15) is 36.5 Å². The lowest BCUT2D eigenvalue weighted by Gasteiger charge is -2.32. The fourth-order valence-corrected chi connectivity index (χ4v) is 5.87. The predicted octanol–water partition coefficient (Wildman–Crippen LogP) is 2.01. The van der Waals surface area contributed by atoms with Crippen molar-refractivity contribution in [2.45, 2.75) is 43.4 Å². The number of hydrogen-bond acceptors (Lipinski definition) is 6. The zero-order valence-electron chi connectivity index (χ0n) is 21.4. The SMILES string of the molecule is Cc1cc(NC(=O)c2c3c(cn2C)[S+]([O-])NC2(C)CN(C(=O)C(=O)NC(C)C(F)(F)F)CC2CO3)ccc1F. The maximum absolute atomic E-state index is 13.6. The molecule has 3 heterocycles. The van der Waals surface area contributed by atoms with E-state index in [4.69, 9.17) is 4.74 Å². The van der Waals surface area contributed by atoms with Crippen LogP contribution in [0.3, 0.4) is 0 Å². The number of alkyl halides is 3. The van der Waals surface area contributed by atoms with Crippen LogP contribution in [0.15, 0.2) is 29.3 Å². The van der Waals surface area contributed by atoms with E-state index in [1.807, 2.05) is 0 Å². The number of benzene rings is 1. The van der Waals surface area contributed by atoms with Crippen molar-refractivity contribution in [3.8, 4) is 5.75 Å². The van der Waals surface area contributed by atoms with Crippen LogP contribution < -0.4 is 20.1 Å². The largest absolute Gasteiger partial charge is 0.593 e. The number of nitrogens with one attached hydrogen (secondary N) is 3. The zero-order valence-corrected chi connectivity index (χ0v) is 22.3.